The van der Waals surface area contributed by atoms with E-state index in [9.17, 15) is 4.79 Å². The van der Waals surface area contributed by atoms with Crippen molar-refractivity contribution in [2.75, 3.05) is 27.3 Å². The monoisotopic (exact) mass is 297 g/mol. The van der Waals surface area contributed by atoms with Crippen LogP contribution in [-0.4, -0.2) is 43.5 Å². The van der Waals surface area contributed by atoms with Crippen LogP contribution in [0.2, 0.25) is 0 Å². The Morgan fingerprint density at radius 3 is 2.70 bits per heavy atom. The Bertz CT molecular complexity index is 492. The molecule has 110 valence electrons. The van der Waals surface area contributed by atoms with E-state index in [1.54, 1.807) is 37.3 Å². The first-order chi connectivity index (χ1) is 9.56. The molecule has 1 amide bonds. The number of ether oxygens (including phenoxy) is 2. The van der Waals surface area contributed by atoms with E-state index < -0.39 is 0 Å². The van der Waals surface area contributed by atoms with Crippen LogP contribution in [0.25, 0.3) is 0 Å². The molecule has 0 saturated carbocycles. The summed E-state index contributed by atoms with van der Waals surface area (Å²) < 4.78 is 10.4. The lowest BCUT2D eigenvalue weighted by Crippen LogP contribution is -2.43. The van der Waals surface area contributed by atoms with Gasteiger partial charge in [0, 0.05) is 19.2 Å². The van der Waals surface area contributed by atoms with E-state index in [4.69, 9.17) is 21.1 Å². The van der Waals surface area contributed by atoms with Gasteiger partial charge in [0.2, 0.25) is 0 Å². The molecule has 4 nitrogen and oxygen atoms in total. The Morgan fingerprint density at radius 2 is 2.10 bits per heavy atom. The van der Waals surface area contributed by atoms with Crippen molar-refractivity contribution >= 4 is 17.5 Å². The molecule has 0 bridgehead atoms. The fourth-order valence-electron chi connectivity index (χ4n) is 2.35. The number of methoxy groups -OCH3 is 2. The summed E-state index contributed by atoms with van der Waals surface area (Å²) in [5, 5.41) is 0.0111. The van der Waals surface area contributed by atoms with Gasteiger partial charge in [0.25, 0.3) is 5.91 Å². The molecule has 2 unspecified atom stereocenters. The fourth-order valence-corrected chi connectivity index (χ4v) is 2.64. The standard InChI is InChI=1S/C15H20ClNO3/c1-10-6-7-17(9-13(10)16)15(18)12-5-4-11(19-2)8-14(12)20-3/h4-5,8,10,13H,6-7,9H2,1-3H3. The van der Waals surface area contributed by atoms with Crippen molar-refractivity contribution in [1.29, 1.82) is 0 Å². The number of nitrogens with zero attached hydrogens (tertiary/aromatic N) is 1. The first kappa shape index (κ1) is 15.0. The van der Waals surface area contributed by atoms with Crippen LogP contribution in [0.1, 0.15) is 23.7 Å². The molecule has 0 aliphatic carbocycles. The summed E-state index contributed by atoms with van der Waals surface area (Å²) in [5.74, 6) is 1.60. The molecule has 5 heteroatoms. The molecule has 20 heavy (non-hydrogen) atoms. The maximum absolute atomic E-state index is 12.6. The minimum Gasteiger partial charge on any atom is -0.497 e. The molecule has 2 atom stereocenters. The Kier molecular flexibility index (Phi) is 4.76. The van der Waals surface area contributed by atoms with Crippen LogP contribution in [0.3, 0.4) is 0 Å². The maximum Gasteiger partial charge on any atom is 0.257 e. The summed E-state index contributed by atoms with van der Waals surface area (Å²) in [4.78, 5) is 14.4. The van der Waals surface area contributed by atoms with Gasteiger partial charge in [0.15, 0.2) is 0 Å². The highest BCUT2D eigenvalue weighted by atomic mass is 35.5. The van der Waals surface area contributed by atoms with Crippen molar-refractivity contribution in [2.24, 2.45) is 5.92 Å². The zero-order valence-corrected chi connectivity index (χ0v) is 12.8. The van der Waals surface area contributed by atoms with Gasteiger partial charge in [-0.15, -0.1) is 11.6 Å². The number of alkyl halides is 1. The number of carbonyl (C=O) groups is 1. The van der Waals surface area contributed by atoms with Gasteiger partial charge in [-0.3, -0.25) is 4.79 Å². The average molecular weight is 298 g/mol. The predicted octanol–water partition coefficient (Wildman–Crippen LogP) is 2.79. The second-order valence-corrected chi connectivity index (χ2v) is 5.66. The Balaban J connectivity index is 2.20. The summed E-state index contributed by atoms with van der Waals surface area (Å²) in [5.41, 5.74) is 0.548. The minimum atomic E-state index is -0.0398. The van der Waals surface area contributed by atoms with Crippen LogP contribution in [0.5, 0.6) is 11.5 Å². The van der Waals surface area contributed by atoms with Gasteiger partial charge in [0.05, 0.1) is 25.2 Å². The Morgan fingerprint density at radius 1 is 1.35 bits per heavy atom. The first-order valence-corrected chi connectivity index (χ1v) is 7.15. The van der Waals surface area contributed by atoms with Crippen molar-refractivity contribution in [3.8, 4) is 11.5 Å². The minimum absolute atomic E-state index is 0.0111. The molecule has 1 heterocycles. The van der Waals surface area contributed by atoms with E-state index in [2.05, 4.69) is 6.92 Å². The third kappa shape index (κ3) is 3.01. The zero-order chi connectivity index (χ0) is 14.7. The zero-order valence-electron chi connectivity index (χ0n) is 12.1. The lowest BCUT2D eigenvalue weighted by Gasteiger charge is -2.34. The van der Waals surface area contributed by atoms with Gasteiger partial charge in [0.1, 0.15) is 11.5 Å². The molecule has 2 rings (SSSR count). The van der Waals surface area contributed by atoms with Crippen LogP contribution in [0.4, 0.5) is 0 Å². The average Bonchev–Trinajstić information content (AvgIpc) is 2.48. The molecule has 0 radical (unpaired) electrons. The number of hydrogen-bond donors (Lipinski definition) is 0. The van der Waals surface area contributed by atoms with Crippen molar-refractivity contribution in [1.82, 2.24) is 4.90 Å². The number of hydrogen-bond acceptors (Lipinski definition) is 3. The molecule has 0 N–H and O–H groups in total. The van der Waals surface area contributed by atoms with Crippen molar-refractivity contribution in [3.63, 3.8) is 0 Å². The van der Waals surface area contributed by atoms with Crippen molar-refractivity contribution < 1.29 is 14.3 Å². The van der Waals surface area contributed by atoms with Gasteiger partial charge < -0.3 is 14.4 Å². The van der Waals surface area contributed by atoms with E-state index in [1.165, 1.54) is 0 Å². The topological polar surface area (TPSA) is 38.8 Å². The number of halogens is 1. The number of likely N-dealkylation sites (tertiary alicyclic amines) is 1. The number of rotatable bonds is 3. The second-order valence-electron chi connectivity index (χ2n) is 5.10. The van der Waals surface area contributed by atoms with Crippen molar-refractivity contribution in [2.45, 2.75) is 18.7 Å². The molecular formula is C15H20ClNO3. The highest BCUT2D eigenvalue weighted by molar-refractivity contribution is 6.21. The van der Waals surface area contributed by atoms with E-state index >= 15 is 0 Å². The normalized spacial score (nSPS) is 22.5. The van der Waals surface area contributed by atoms with Gasteiger partial charge in [-0.2, -0.15) is 0 Å². The van der Waals surface area contributed by atoms with Gasteiger partial charge in [-0.25, -0.2) is 0 Å². The molecule has 1 aliphatic rings. The Hall–Kier alpha value is -1.42. The summed E-state index contributed by atoms with van der Waals surface area (Å²) in [6.45, 7) is 3.43. The van der Waals surface area contributed by atoms with E-state index in [-0.39, 0.29) is 11.3 Å². The van der Waals surface area contributed by atoms with Crippen LogP contribution in [0.15, 0.2) is 18.2 Å². The highest BCUT2D eigenvalue weighted by Crippen LogP contribution is 2.28. The highest BCUT2D eigenvalue weighted by Gasteiger charge is 2.29. The van der Waals surface area contributed by atoms with Crippen LogP contribution >= 0.6 is 11.6 Å². The molecule has 1 aromatic rings. The summed E-state index contributed by atoms with van der Waals surface area (Å²) in [6, 6.07) is 5.22. The number of amides is 1. The van der Waals surface area contributed by atoms with E-state index in [0.29, 0.717) is 29.5 Å². The van der Waals surface area contributed by atoms with Crippen molar-refractivity contribution in [3.05, 3.63) is 23.8 Å². The van der Waals surface area contributed by atoms with Crippen LogP contribution in [0, 0.1) is 5.92 Å². The smallest absolute Gasteiger partial charge is 0.257 e. The SMILES string of the molecule is COc1ccc(C(=O)N2CCC(C)C(Cl)C2)c(OC)c1. The van der Waals surface area contributed by atoms with Gasteiger partial charge in [-0.05, 0) is 24.5 Å². The number of piperidine rings is 1. The Labute approximate surface area is 124 Å². The quantitative estimate of drug-likeness (QED) is 0.805. The number of carbonyl (C=O) groups excluding carboxylic acids is 1. The first-order valence-electron chi connectivity index (χ1n) is 6.72. The lowest BCUT2D eigenvalue weighted by atomic mass is 9.98. The van der Waals surface area contributed by atoms with E-state index in [1.807, 2.05) is 0 Å². The molecule has 1 aromatic carbocycles. The predicted molar refractivity (Wildman–Crippen MR) is 78.9 cm³/mol. The molecule has 1 fully saturated rings. The third-order valence-electron chi connectivity index (χ3n) is 3.79. The van der Waals surface area contributed by atoms with E-state index in [0.717, 1.165) is 13.0 Å². The summed E-state index contributed by atoms with van der Waals surface area (Å²) >= 11 is 6.27. The lowest BCUT2D eigenvalue weighted by molar-refractivity contribution is 0.0698. The largest absolute Gasteiger partial charge is 0.497 e. The maximum atomic E-state index is 12.6. The van der Waals surface area contributed by atoms with Crippen LogP contribution in [-0.2, 0) is 0 Å². The third-order valence-corrected chi connectivity index (χ3v) is 4.36. The number of benzene rings is 1. The molecule has 1 saturated heterocycles. The fraction of sp³-hybridized carbons (Fsp3) is 0.533. The molecule has 1 aliphatic heterocycles. The van der Waals surface area contributed by atoms with Crippen LogP contribution < -0.4 is 9.47 Å². The van der Waals surface area contributed by atoms with Gasteiger partial charge >= 0.3 is 0 Å². The molecular weight excluding hydrogens is 278 g/mol. The summed E-state index contributed by atoms with van der Waals surface area (Å²) in [6.07, 6.45) is 0.929. The summed E-state index contributed by atoms with van der Waals surface area (Å²) in [7, 11) is 3.13. The molecule has 0 spiro atoms. The molecule has 0 aromatic heterocycles. The second kappa shape index (κ2) is 6.35. The van der Waals surface area contributed by atoms with Gasteiger partial charge in [-0.1, -0.05) is 6.92 Å².